The highest BCUT2D eigenvalue weighted by Gasteiger charge is 2.21. The number of anilines is 1. The van der Waals surface area contributed by atoms with Gasteiger partial charge in [0.25, 0.3) is 0 Å². The average Bonchev–Trinajstić information content (AvgIpc) is 2.72. The number of hydrogen-bond acceptors (Lipinski definition) is 3. The van der Waals surface area contributed by atoms with Crippen molar-refractivity contribution in [2.24, 2.45) is 0 Å². The Morgan fingerprint density at radius 2 is 2.11 bits per heavy atom. The van der Waals surface area contributed by atoms with E-state index in [1.807, 2.05) is 24.3 Å². The van der Waals surface area contributed by atoms with Crippen LogP contribution in [-0.4, -0.2) is 5.16 Å². The summed E-state index contributed by atoms with van der Waals surface area (Å²) in [6.45, 7) is 4.26. The van der Waals surface area contributed by atoms with Gasteiger partial charge in [0.2, 0.25) is 0 Å². The SMILES string of the molecule is CCCC(C)c1onc(N)c1-c1ccccc1Cl. The van der Waals surface area contributed by atoms with Gasteiger partial charge in [0.1, 0.15) is 5.76 Å². The van der Waals surface area contributed by atoms with Crippen LogP contribution >= 0.6 is 11.6 Å². The zero-order chi connectivity index (χ0) is 13.1. The highest BCUT2D eigenvalue weighted by Crippen LogP contribution is 2.38. The highest BCUT2D eigenvalue weighted by atomic mass is 35.5. The predicted molar refractivity (Wildman–Crippen MR) is 74.7 cm³/mol. The quantitative estimate of drug-likeness (QED) is 0.886. The normalized spacial score (nSPS) is 12.6. The monoisotopic (exact) mass is 264 g/mol. The maximum absolute atomic E-state index is 6.22. The Morgan fingerprint density at radius 1 is 1.39 bits per heavy atom. The molecule has 0 aliphatic heterocycles. The first kappa shape index (κ1) is 13.0. The van der Waals surface area contributed by atoms with Crippen molar-refractivity contribution in [2.45, 2.75) is 32.6 Å². The largest absolute Gasteiger partial charge is 0.380 e. The van der Waals surface area contributed by atoms with E-state index in [-0.39, 0.29) is 5.92 Å². The highest BCUT2D eigenvalue weighted by molar-refractivity contribution is 6.33. The number of hydrogen-bond donors (Lipinski definition) is 1. The van der Waals surface area contributed by atoms with Gasteiger partial charge in [0.05, 0.1) is 5.56 Å². The van der Waals surface area contributed by atoms with Crippen LogP contribution in [0.1, 0.15) is 38.4 Å². The van der Waals surface area contributed by atoms with Crippen LogP contribution in [-0.2, 0) is 0 Å². The van der Waals surface area contributed by atoms with Crippen molar-refractivity contribution in [3.05, 3.63) is 35.0 Å². The van der Waals surface area contributed by atoms with Crippen LogP contribution in [0.15, 0.2) is 28.8 Å². The van der Waals surface area contributed by atoms with Gasteiger partial charge in [-0.05, 0) is 12.5 Å². The number of halogens is 1. The molecule has 1 unspecified atom stereocenters. The lowest BCUT2D eigenvalue weighted by molar-refractivity contribution is 0.362. The Hall–Kier alpha value is -1.48. The third-order valence-corrected chi connectivity index (χ3v) is 3.39. The standard InChI is InChI=1S/C14H17ClN2O/c1-3-6-9(2)13-12(14(16)17-18-13)10-7-4-5-8-11(10)15/h4-5,7-9H,3,6H2,1-2H3,(H2,16,17). The molecule has 0 aliphatic rings. The summed E-state index contributed by atoms with van der Waals surface area (Å²) in [5.74, 6) is 1.51. The molecule has 0 saturated carbocycles. The van der Waals surface area contributed by atoms with Gasteiger partial charge in [0, 0.05) is 16.5 Å². The van der Waals surface area contributed by atoms with Crippen molar-refractivity contribution in [3.8, 4) is 11.1 Å². The Balaban J connectivity index is 2.51. The molecular formula is C14H17ClN2O. The van der Waals surface area contributed by atoms with E-state index in [0.29, 0.717) is 10.8 Å². The lowest BCUT2D eigenvalue weighted by Crippen LogP contribution is -1.95. The summed E-state index contributed by atoms with van der Waals surface area (Å²) in [6, 6.07) is 7.61. The van der Waals surface area contributed by atoms with Gasteiger partial charge in [-0.1, -0.05) is 55.2 Å². The number of benzene rings is 1. The molecule has 96 valence electrons. The van der Waals surface area contributed by atoms with E-state index in [4.69, 9.17) is 21.9 Å². The average molecular weight is 265 g/mol. The molecule has 0 bridgehead atoms. The van der Waals surface area contributed by atoms with E-state index >= 15 is 0 Å². The van der Waals surface area contributed by atoms with Gasteiger partial charge in [-0.15, -0.1) is 0 Å². The smallest absolute Gasteiger partial charge is 0.175 e. The van der Waals surface area contributed by atoms with E-state index in [1.165, 1.54) is 0 Å². The summed E-state index contributed by atoms with van der Waals surface area (Å²) in [4.78, 5) is 0. The van der Waals surface area contributed by atoms with Crippen LogP contribution in [0.3, 0.4) is 0 Å². The molecule has 0 fully saturated rings. The third-order valence-electron chi connectivity index (χ3n) is 3.06. The van der Waals surface area contributed by atoms with Crippen molar-refractivity contribution < 1.29 is 4.52 Å². The van der Waals surface area contributed by atoms with E-state index in [9.17, 15) is 0 Å². The number of nitrogens with two attached hydrogens (primary N) is 1. The van der Waals surface area contributed by atoms with Gasteiger partial charge < -0.3 is 10.3 Å². The van der Waals surface area contributed by atoms with Crippen LogP contribution in [0.4, 0.5) is 5.82 Å². The van der Waals surface area contributed by atoms with Crippen LogP contribution in [0.25, 0.3) is 11.1 Å². The summed E-state index contributed by atoms with van der Waals surface area (Å²) in [7, 11) is 0. The Kier molecular flexibility index (Phi) is 3.92. The molecule has 0 amide bonds. The van der Waals surface area contributed by atoms with Crippen molar-refractivity contribution in [2.75, 3.05) is 5.73 Å². The zero-order valence-electron chi connectivity index (χ0n) is 10.6. The summed E-state index contributed by atoms with van der Waals surface area (Å²) >= 11 is 6.22. The van der Waals surface area contributed by atoms with Gasteiger partial charge in [-0.2, -0.15) is 0 Å². The Morgan fingerprint density at radius 3 is 2.78 bits per heavy atom. The van der Waals surface area contributed by atoms with Crippen LogP contribution in [0.5, 0.6) is 0 Å². The minimum absolute atomic E-state index is 0.283. The van der Waals surface area contributed by atoms with Gasteiger partial charge in [0.15, 0.2) is 5.82 Å². The topological polar surface area (TPSA) is 52.0 Å². The second-order valence-electron chi connectivity index (χ2n) is 4.48. The molecule has 0 radical (unpaired) electrons. The minimum atomic E-state index is 0.283. The first-order valence-corrected chi connectivity index (χ1v) is 6.52. The molecule has 0 spiro atoms. The third kappa shape index (κ3) is 2.36. The zero-order valence-corrected chi connectivity index (χ0v) is 11.4. The molecule has 2 N–H and O–H groups in total. The van der Waals surface area contributed by atoms with Crippen LogP contribution in [0, 0.1) is 0 Å². The second-order valence-corrected chi connectivity index (χ2v) is 4.88. The number of nitrogen functional groups attached to an aromatic ring is 1. The molecule has 2 rings (SSSR count). The number of rotatable bonds is 4. The van der Waals surface area contributed by atoms with Gasteiger partial charge >= 0.3 is 0 Å². The van der Waals surface area contributed by atoms with Gasteiger partial charge in [-0.3, -0.25) is 0 Å². The van der Waals surface area contributed by atoms with Crippen molar-refractivity contribution >= 4 is 17.4 Å². The predicted octanol–water partition coefficient (Wildman–Crippen LogP) is 4.48. The Bertz CT molecular complexity index is 536. The van der Waals surface area contributed by atoms with E-state index in [0.717, 1.165) is 29.7 Å². The van der Waals surface area contributed by atoms with Crippen molar-refractivity contribution in [3.63, 3.8) is 0 Å². The molecule has 1 aromatic heterocycles. The van der Waals surface area contributed by atoms with Crippen molar-refractivity contribution in [1.82, 2.24) is 5.16 Å². The summed E-state index contributed by atoms with van der Waals surface area (Å²) in [5.41, 5.74) is 7.63. The van der Waals surface area contributed by atoms with Crippen LogP contribution in [0.2, 0.25) is 5.02 Å². The minimum Gasteiger partial charge on any atom is -0.380 e. The molecule has 2 aromatic rings. The molecule has 18 heavy (non-hydrogen) atoms. The summed E-state index contributed by atoms with van der Waals surface area (Å²) in [5, 5.41) is 4.55. The summed E-state index contributed by atoms with van der Waals surface area (Å²) in [6.07, 6.45) is 2.12. The van der Waals surface area contributed by atoms with E-state index in [2.05, 4.69) is 19.0 Å². The second kappa shape index (κ2) is 5.44. The first-order chi connectivity index (χ1) is 8.65. The number of nitrogens with zero attached hydrogens (tertiary/aromatic N) is 1. The molecule has 0 saturated heterocycles. The lowest BCUT2D eigenvalue weighted by atomic mass is 9.96. The molecule has 3 nitrogen and oxygen atoms in total. The van der Waals surface area contributed by atoms with E-state index < -0.39 is 0 Å². The van der Waals surface area contributed by atoms with E-state index in [1.54, 1.807) is 0 Å². The first-order valence-electron chi connectivity index (χ1n) is 6.15. The molecule has 1 atom stereocenters. The lowest BCUT2D eigenvalue weighted by Gasteiger charge is -2.09. The number of aromatic nitrogens is 1. The maximum Gasteiger partial charge on any atom is 0.175 e. The summed E-state index contributed by atoms with van der Waals surface area (Å²) < 4.78 is 5.39. The maximum atomic E-state index is 6.22. The van der Waals surface area contributed by atoms with Gasteiger partial charge in [-0.25, -0.2) is 0 Å². The van der Waals surface area contributed by atoms with Crippen LogP contribution < -0.4 is 5.73 Å². The molecule has 1 heterocycles. The molecule has 1 aromatic carbocycles. The fraction of sp³-hybridized carbons (Fsp3) is 0.357. The Labute approximate surface area is 112 Å². The molecule has 4 heteroatoms. The fourth-order valence-electron chi connectivity index (χ4n) is 2.15. The van der Waals surface area contributed by atoms with Crippen molar-refractivity contribution in [1.29, 1.82) is 0 Å². The fourth-order valence-corrected chi connectivity index (χ4v) is 2.38. The molecule has 0 aliphatic carbocycles. The molecular weight excluding hydrogens is 248 g/mol.